The van der Waals surface area contributed by atoms with Crippen LogP contribution in [0.4, 0.5) is 0 Å². The zero-order chi connectivity index (χ0) is 18.4. The summed E-state index contributed by atoms with van der Waals surface area (Å²) >= 11 is 0. The van der Waals surface area contributed by atoms with Crippen molar-refractivity contribution in [1.82, 2.24) is 14.9 Å². The number of aryl methyl sites for hydroxylation is 1. The molecule has 0 bridgehead atoms. The second-order valence-electron chi connectivity index (χ2n) is 6.27. The molecule has 0 unspecified atom stereocenters. The third kappa shape index (κ3) is 4.70. The fourth-order valence-electron chi connectivity index (χ4n) is 2.97. The number of hydrogen-bond acceptors (Lipinski definition) is 5. The molecule has 2 atom stereocenters. The van der Waals surface area contributed by atoms with Crippen molar-refractivity contribution in [3.63, 3.8) is 0 Å². The Bertz CT molecular complexity index is 791. The normalized spacial score (nSPS) is 19.7. The van der Waals surface area contributed by atoms with Crippen LogP contribution < -0.4 is 15.6 Å². The van der Waals surface area contributed by atoms with Gasteiger partial charge < -0.3 is 19.4 Å². The molecule has 0 aromatic carbocycles. The maximum absolute atomic E-state index is 12.4. The minimum atomic E-state index is -0.288. The van der Waals surface area contributed by atoms with Gasteiger partial charge in [0.15, 0.2) is 0 Å². The number of hydrogen-bond donors (Lipinski definition) is 1. The van der Waals surface area contributed by atoms with Crippen molar-refractivity contribution < 1.29 is 14.3 Å². The molecule has 0 spiro atoms. The lowest BCUT2D eigenvalue weighted by Crippen LogP contribution is -2.51. The van der Waals surface area contributed by atoms with Crippen LogP contribution in [0.25, 0.3) is 0 Å². The summed E-state index contributed by atoms with van der Waals surface area (Å²) in [5, 5.41) is 3.01. The molecular formula is C19H23N3O4. The molecule has 3 heterocycles. The van der Waals surface area contributed by atoms with E-state index in [0.717, 1.165) is 5.69 Å². The molecule has 1 fully saturated rings. The van der Waals surface area contributed by atoms with E-state index in [4.69, 9.17) is 9.47 Å². The first-order valence-electron chi connectivity index (χ1n) is 8.75. The molecule has 2 aromatic heterocycles. The average molecular weight is 357 g/mol. The maximum Gasteiger partial charge on any atom is 0.250 e. The van der Waals surface area contributed by atoms with Gasteiger partial charge in [0.05, 0.1) is 12.6 Å². The summed E-state index contributed by atoms with van der Waals surface area (Å²) in [6.07, 6.45) is 2.28. The third-order valence-electron chi connectivity index (χ3n) is 4.39. The van der Waals surface area contributed by atoms with Crippen LogP contribution in [0.2, 0.25) is 0 Å². The Morgan fingerprint density at radius 3 is 3.00 bits per heavy atom. The van der Waals surface area contributed by atoms with Crippen molar-refractivity contribution in [1.29, 1.82) is 0 Å². The second-order valence-corrected chi connectivity index (χ2v) is 6.27. The highest BCUT2D eigenvalue weighted by molar-refractivity contribution is 5.76. The largest absolute Gasteiger partial charge is 0.470 e. The molecule has 7 nitrogen and oxygen atoms in total. The van der Waals surface area contributed by atoms with Crippen molar-refractivity contribution in [2.24, 2.45) is 0 Å². The zero-order valence-electron chi connectivity index (χ0n) is 14.8. The van der Waals surface area contributed by atoms with Crippen LogP contribution >= 0.6 is 0 Å². The summed E-state index contributed by atoms with van der Waals surface area (Å²) in [6.45, 7) is 3.18. The molecule has 2 aromatic rings. The van der Waals surface area contributed by atoms with Crippen LogP contribution in [0.1, 0.15) is 18.5 Å². The fourth-order valence-corrected chi connectivity index (χ4v) is 2.97. The summed E-state index contributed by atoms with van der Waals surface area (Å²) in [5.74, 6) is 0.399. The van der Waals surface area contributed by atoms with E-state index in [1.165, 1.54) is 6.07 Å². The van der Waals surface area contributed by atoms with Crippen molar-refractivity contribution in [2.75, 3.05) is 13.2 Å². The number of amides is 1. The van der Waals surface area contributed by atoms with E-state index in [-0.39, 0.29) is 30.0 Å². The molecule has 1 amide bonds. The molecule has 0 radical (unpaired) electrons. The van der Waals surface area contributed by atoms with E-state index < -0.39 is 0 Å². The van der Waals surface area contributed by atoms with Crippen LogP contribution in [0.3, 0.4) is 0 Å². The van der Waals surface area contributed by atoms with E-state index in [1.807, 2.05) is 25.1 Å². The molecule has 1 saturated heterocycles. The molecule has 0 saturated carbocycles. The predicted molar refractivity (Wildman–Crippen MR) is 96.1 cm³/mol. The minimum absolute atomic E-state index is 0.0970. The minimum Gasteiger partial charge on any atom is -0.470 e. The molecule has 1 aliphatic rings. The standard InChI is InChI=1S/C19H23N3O4/c1-14-5-4-7-19(24)22(14)11-8-17(23)21-15-9-12-25-13-16(15)26-18-6-2-3-10-20-18/h2-7,10,15-16H,8-9,11-13H2,1H3,(H,21,23)/t15-,16-/m1/s1. The van der Waals surface area contributed by atoms with Gasteiger partial charge in [-0.1, -0.05) is 12.1 Å². The first kappa shape index (κ1) is 18.1. The Labute approximate surface area is 152 Å². The van der Waals surface area contributed by atoms with Gasteiger partial charge in [0.1, 0.15) is 6.10 Å². The van der Waals surface area contributed by atoms with Crippen LogP contribution in [0.5, 0.6) is 5.88 Å². The summed E-state index contributed by atoms with van der Waals surface area (Å²) in [6, 6.07) is 10.4. The summed E-state index contributed by atoms with van der Waals surface area (Å²) in [4.78, 5) is 28.4. The fraction of sp³-hybridized carbons (Fsp3) is 0.421. The number of nitrogens with one attached hydrogen (secondary N) is 1. The van der Waals surface area contributed by atoms with Gasteiger partial charge in [-0.05, 0) is 25.5 Å². The van der Waals surface area contributed by atoms with Crippen molar-refractivity contribution in [3.8, 4) is 5.88 Å². The highest BCUT2D eigenvalue weighted by atomic mass is 16.5. The molecule has 0 aliphatic carbocycles. The van der Waals surface area contributed by atoms with E-state index in [0.29, 0.717) is 32.1 Å². The lowest BCUT2D eigenvalue weighted by molar-refractivity contribution is -0.124. The van der Waals surface area contributed by atoms with Gasteiger partial charge in [-0.2, -0.15) is 0 Å². The Morgan fingerprint density at radius 2 is 2.23 bits per heavy atom. The van der Waals surface area contributed by atoms with Gasteiger partial charge in [0.25, 0.3) is 5.56 Å². The number of aromatic nitrogens is 2. The molecular weight excluding hydrogens is 334 g/mol. The summed E-state index contributed by atoms with van der Waals surface area (Å²) < 4.78 is 12.9. The smallest absolute Gasteiger partial charge is 0.250 e. The Kier molecular flexibility index (Phi) is 6.01. The van der Waals surface area contributed by atoms with Crippen molar-refractivity contribution in [3.05, 3.63) is 58.6 Å². The lowest BCUT2D eigenvalue weighted by atomic mass is 10.1. The van der Waals surface area contributed by atoms with E-state index in [1.54, 1.807) is 22.9 Å². The highest BCUT2D eigenvalue weighted by Crippen LogP contribution is 2.15. The lowest BCUT2D eigenvalue weighted by Gasteiger charge is -2.32. The van der Waals surface area contributed by atoms with Crippen LogP contribution in [0, 0.1) is 6.92 Å². The SMILES string of the molecule is Cc1cccc(=O)n1CCC(=O)N[C@@H]1CCOC[C@H]1Oc1ccccn1. The Hall–Kier alpha value is -2.67. The van der Waals surface area contributed by atoms with Crippen molar-refractivity contribution >= 4 is 5.91 Å². The van der Waals surface area contributed by atoms with Crippen LogP contribution in [-0.4, -0.2) is 40.8 Å². The van der Waals surface area contributed by atoms with E-state index >= 15 is 0 Å². The first-order chi connectivity index (χ1) is 12.6. The topological polar surface area (TPSA) is 82.5 Å². The number of pyridine rings is 2. The third-order valence-corrected chi connectivity index (χ3v) is 4.39. The molecule has 3 rings (SSSR count). The molecule has 1 aliphatic heterocycles. The summed E-state index contributed by atoms with van der Waals surface area (Å²) in [5.41, 5.74) is 0.743. The van der Waals surface area contributed by atoms with Gasteiger partial charge in [-0.15, -0.1) is 0 Å². The Morgan fingerprint density at radius 1 is 1.35 bits per heavy atom. The first-order valence-corrected chi connectivity index (χ1v) is 8.75. The van der Waals surface area contributed by atoms with Gasteiger partial charge in [-0.25, -0.2) is 4.98 Å². The molecule has 26 heavy (non-hydrogen) atoms. The van der Waals surface area contributed by atoms with Gasteiger partial charge in [-0.3, -0.25) is 9.59 Å². The maximum atomic E-state index is 12.4. The quantitative estimate of drug-likeness (QED) is 0.842. The second kappa shape index (κ2) is 8.62. The van der Waals surface area contributed by atoms with E-state index in [9.17, 15) is 9.59 Å². The monoisotopic (exact) mass is 357 g/mol. The molecule has 138 valence electrons. The zero-order valence-corrected chi connectivity index (χ0v) is 14.8. The molecule has 7 heteroatoms. The van der Waals surface area contributed by atoms with Crippen molar-refractivity contribution in [2.45, 2.75) is 38.5 Å². The number of carbonyl (C=O) groups excluding carboxylic acids is 1. The van der Waals surface area contributed by atoms with Gasteiger partial charge >= 0.3 is 0 Å². The molecule has 1 N–H and O–H groups in total. The van der Waals surface area contributed by atoms with Crippen LogP contribution in [0.15, 0.2) is 47.4 Å². The number of carbonyl (C=O) groups is 1. The van der Waals surface area contributed by atoms with Crippen LogP contribution in [-0.2, 0) is 16.1 Å². The number of rotatable bonds is 6. The van der Waals surface area contributed by atoms with Gasteiger partial charge in [0.2, 0.25) is 11.8 Å². The summed E-state index contributed by atoms with van der Waals surface area (Å²) in [7, 11) is 0. The van der Waals surface area contributed by atoms with Gasteiger partial charge in [0, 0.05) is 43.6 Å². The number of ether oxygens (including phenoxy) is 2. The average Bonchev–Trinajstić information content (AvgIpc) is 2.64. The highest BCUT2D eigenvalue weighted by Gasteiger charge is 2.29. The Balaban J connectivity index is 1.57. The number of nitrogens with zero attached hydrogens (tertiary/aromatic N) is 2. The predicted octanol–water partition coefficient (Wildman–Crippen LogP) is 1.29. The van der Waals surface area contributed by atoms with E-state index in [2.05, 4.69) is 10.3 Å².